The summed E-state index contributed by atoms with van der Waals surface area (Å²) < 4.78 is 0. The van der Waals surface area contributed by atoms with Crippen LogP contribution in [0, 0.1) is 6.92 Å². The topological polar surface area (TPSA) is 69.7 Å². The zero-order valence-corrected chi connectivity index (χ0v) is 21.4. The minimum absolute atomic E-state index is 0.0160. The number of thiophene rings is 1. The van der Waals surface area contributed by atoms with Gasteiger partial charge in [-0.1, -0.05) is 48.0 Å². The quantitative estimate of drug-likeness (QED) is 0.503. The summed E-state index contributed by atoms with van der Waals surface area (Å²) in [6.07, 6.45) is 4.02. The number of rotatable bonds is 6. The lowest BCUT2D eigenvalue weighted by molar-refractivity contribution is -0.117. The zero-order chi connectivity index (χ0) is 25.1. The van der Waals surface area contributed by atoms with Gasteiger partial charge in [0.05, 0.1) is 12.1 Å². The number of anilines is 1. The molecule has 1 aliphatic carbocycles. The highest BCUT2D eigenvalue weighted by molar-refractivity contribution is 7.17. The van der Waals surface area contributed by atoms with Crippen LogP contribution in [0.3, 0.4) is 0 Å². The van der Waals surface area contributed by atoms with E-state index in [2.05, 4.69) is 10.2 Å². The minimum Gasteiger partial charge on any atom is -0.336 e. The molecule has 1 fully saturated rings. The van der Waals surface area contributed by atoms with Crippen LogP contribution in [0.25, 0.3) is 0 Å². The molecule has 1 aliphatic heterocycles. The van der Waals surface area contributed by atoms with Crippen molar-refractivity contribution in [2.75, 3.05) is 38.0 Å². The molecule has 0 radical (unpaired) electrons. The fourth-order valence-corrected chi connectivity index (χ4v) is 6.29. The second kappa shape index (κ2) is 10.8. The van der Waals surface area contributed by atoms with Crippen molar-refractivity contribution in [2.24, 2.45) is 0 Å². The van der Waals surface area contributed by atoms with Crippen molar-refractivity contribution in [1.82, 2.24) is 9.80 Å². The zero-order valence-electron chi connectivity index (χ0n) is 20.6. The second-order valence-electron chi connectivity index (χ2n) is 9.59. The first-order valence-electron chi connectivity index (χ1n) is 12.6. The Morgan fingerprint density at radius 3 is 2.28 bits per heavy atom. The highest BCUT2D eigenvalue weighted by Crippen LogP contribution is 2.39. The third-order valence-corrected chi connectivity index (χ3v) is 8.22. The van der Waals surface area contributed by atoms with E-state index in [0.717, 1.165) is 36.8 Å². The predicted octanol–water partition coefficient (Wildman–Crippen LogP) is 4.56. The van der Waals surface area contributed by atoms with Gasteiger partial charge in [0.25, 0.3) is 5.91 Å². The van der Waals surface area contributed by atoms with Gasteiger partial charge < -0.3 is 10.2 Å². The molecule has 0 bridgehead atoms. The Hall–Kier alpha value is -3.29. The number of fused-ring (bicyclic) bond motifs is 1. The molecular weight excluding hydrogens is 470 g/mol. The van der Waals surface area contributed by atoms with Crippen molar-refractivity contribution in [2.45, 2.75) is 32.6 Å². The van der Waals surface area contributed by atoms with E-state index in [0.29, 0.717) is 47.9 Å². The van der Waals surface area contributed by atoms with Crippen LogP contribution >= 0.6 is 11.3 Å². The molecule has 0 spiro atoms. The molecule has 7 heteroatoms. The summed E-state index contributed by atoms with van der Waals surface area (Å²) in [4.78, 5) is 44.4. The van der Waals surface area contributed by atoms with Gasteiger partial charge in [-0.15, -0.1) is 11.3 Å². The average molecular weight is 502 g/mol. The lowest BCUT2D eigenvalue weighted by Crippen LogP contribution is -2.50. The Balaban J connectivity index is 1.25. The third kappa shape index (κ3) is 5.27. The molecular formula is C29H31N3O3S. The number of hydrogen-bond donors (Lipinski definition) is 1. The molecule has 6 nitrogen and oxygen atoms in total. The van der Waals surface area contributed by atoms with E-state index in [-0.39, 0.29) is 24.1 Å². The van der Waals surface area contributed by atoms with Gasteiger partial charge in [-0.25, -0.2) is 0 Å². The van der Waals surface area contributed by atoms with Crippen molar-refractivity contribution < 1.29 is 14.4 Å². The Kier molecular flexibility index (Phi) is 7.30. The molecule has 5 rings (SSSR count). The van der Waals surface area contributed by atoms with Gasteiger partial charge in [0.1, 0.15) is 5.00 Å². The van der Waals surface area contributed by atoms with Gasteiger partial charge in [0.2, 0.25) is 5.91 Å². The van der Waals surface area contributed by atoms with Crippen molar-refractivity contribution in [3.8, 4) is 0 Å². The van der Waals surface area contributed by atoms with Crippen LogP contribution in [0.1, 0.15) is 55.1 Å². The van der Waals surface area contributed by atoms with E-state index < -0.39 is 0 Å². The Morgan fingerprint density at radius 1 is 0.861 bits per heavy atom. The summed E-state index contributed by atoms with van der Waals surface area (Å²) in [5, 5.41) is 3.75. The summed E-state index contributed by atoms with van der Waals surface area (Å²) in [5.74, 6) is -0.102. The predicted molar refractivity (Wildman–Crippen MR) is 143 cm³/mol. The molecule has 0 saturated carbocycles. The maximum atomic E-state index is 13.5. The largest absolute Gasteiger partial charge is 0.336 e. The number of nitrogens with zero attached hydrogens (tertiary/aromatic N) is 2. The highest BCUT2D eigenvalue weighted by Gasteiger charge is 2.28. The monoisotopic (exact) mass is 501 g/mol. The van der Waals surface area contributed by atoms with Crippen LogP contribution in [0.15, 0.2) is 54.6 Å². The maximum absolute atomic E-state index is 13.5. The van der Waals surface area contributed by atoms with Crippen molar-refractivity contribution >= 4 is 33.9 Å². The van der Waals surface area contributed by atoms with Crippen LogP contribution in [0.2, 0.25) is 0 Å². The van der Waals surface area contributed by atoms with Gasteiger partial charge in [-0.05, 0) is 50.3 Å². The second-order valence-corrected chi connectivity index (χ2v) is 10.7. The lowest BCUT2D eigenvalue weighted by atomic mass is 9.91. The molecule has 2 aliphatic rings. The third-order valence-electron chi connectivity index (χ3n) is 7.01. The Labute approximate surface area is 215 Å². The molecule has 186 valence electrons. The van der Waals surface area contributed by atoms with Crippen LogP contribution in [0.5, 0.6) is 0 Å². The summed E-state index contributed by atoms with van der Waals surface area (Å²) in [5.41, 5.74) is 4.24. The minimum atomic E-state index is -0.116. The molecule has 2 heterocycles. The first-order chi connectivity index (χ1) is 17.5. The smallest absolute Gasteiger partial charge is 0.253 e. The molecule has 1 N–H and O–H groups in total. The van der Waals surface area contributed by atoms with E-state index in [9.17, 15) is 14.4 Å². The van der Waals surface area contributed by atoms with E-state index in [1.807, 2.05) is 66.4 Å². The van der Waals surface area contributed by atoms with Crippen LogP contribution in [-0.2, 0) is 17.6 Å². The first kappa shape index (κ1) is 24.4. The van der Waals surface area contributed by atoms with Gasteiger partial charge >= 0.3 is 0 Å². The molecule has 2 aromatic carbocycles. The Morgan fingerprint density at radius 2 is 1.56 bits per heavy atom. The number of nitrogens with one attached hydrogen (secondary N) is 1. The molecule has 36 heavy (non-hydrogen) atoms. The van der Waals surface area contributed by atoms with Crippen molar-refractivity contribution in [3.05, 3.63) is 87.3 Å². The Bertz CT molecular complexity index is 1260. The van der Waals surface area contributed by atoms with Gasteiger partial charge in [0, 0.05) is 42.2 Å². The summed E-state index contributed by atoms with van der Waals surface area (Å²) in [7, 11) is 0. The number of aryl methyl sites for hydroxylation is 2. The van der Waals surface area contributed by atoms with E-state index in [1.54, 1.807) is 11.3 Å². The normalized spacial score (nSPS) is 15.9. The number of carbonyl (C=O) groups excluding carboxylic acids is 3. The SMILES string of the molecule is Cc1ccc(C(=O)c2c(NC(=O)CN3CCN(C(=O)c4ccccc4)CC3)sc3c2CCCC3)cc1. The molecule has 0 atom stereocenters. The molecule has 2 amide bonds. The number of carbonyl (C=O) groups is 3. The van der Waals surface area contributed by atoms with Gasteiger partial charge in [-0.3, -0.25) is 19.3 Å². The fourth-order valence-electron chi connectivity index (χ4n) is 4.99. The number of amides is 2. The van der Waals surface area contributed by atoms with Crippen LogP contribution in [0.4, 0.5) is 5.00 Å². The summed E-state index contributed by atoms with van der Waals surface area (Å²) in [6, 6.07) is 16.9. The summed E-state index contributed by atoms with van der Waals surface area (Å²) in [6.45, 7) is 4.71. The molecule has 1 saturated heterocycles. The number of piperazine rings is 1. The maximum Gasteiger partial charge on any atom is 0.253 e. The van der Waals surface area contributed by atoms with Gasteiger partial charge in [0.15, 0.2) is 5.78 Å². The standard InChI is InChI=1S/C29H31N3O3S/c1-20-11-13-21(14-12-20)27(34)26-23-9-5-6-10-24(23)36-28(26)30-25(33)19-31-15-17-32(18-16-31)29(35)22-7-3-2-4-8-22/h2-4,7-8,11-14H,5-6,9-10,15-19H2,1H3,(H,30,33). The highest BCUT2D eigenvalue weighted by atomic mass is 32.1. The number of hydrogen-bond acceptors (Lipinski definition) is 5. The van der Waals surface area contributed by atoms with Crippen molar-refractivity contribution in [3.63, 3.8) is 0 Å². The van der Waals surface area contributed by atoms with E-state index in [1.165, 1.54) is 4.88 Å². The van der Waals surface area contributed by atoms with Crippen LogP contribution in [-0.4, -0.2) is 60.1 Å². The average Bonchev–Trinajstić information content (AvgIpc) is 3.26. The van der Waals surface area contributed by atoms with Crippen LogP contribution < -0.4 is 5.32 Å². The van der Waals surface area contributed by atoms with E-state index in [4.69, 9.17) is 0 Å². The number of benzene rings is 2. The van der Waals surface area contributed by atoms with Gasteiger partial charge in [-0.2, -0.15) is 0 Å². The number of ketones is 1. The van der Waals surface area contributed by atoms with E-state index >= 15 is 0 Å². The first-order valence-corrected chi connectivity index (χ1v) is 13.4. The molecule has 0 unspecified atom stereocenters. The molecule has 3 aromatic rings. The summed E-state index contributed by atoms with van der Waals surface area (Å²) >= 11 is 1.56. The lowest BCUT2D eigenvalue weighted by Gasteiger charge is -2.34. The van der Waals surface area contributed by atoms with Crippen molar-refractivity contribution in [1.29, 1.82) is 0 Å². The molecule has 1 aromatic heterocycles. The fraction of sp³-hybridized carbons (Fsp3) is 0.345.